The van der Waals surface area contributed by atoms with Gasteiger partial charge in [-0.15, -0.1) is 0 Å². The maximum Gasteiger partial charge on any atom is 0.252 e. The van der Waals surface area contributed by atoms with Crippen molar-refractivity contribution in [2.45, 2.75) is 58.3 Å². The van der Waals surface area contributed by atoms with Gasteiger partial charge in [-0.25, -0.2) is 9.97 Å². The van der Waals surface area contributed by atoms with Gasteiger partial charge in [0, 0.05) is 25.7 Å². The first-order valence-corrected chi connectivity index (χ1v) is 11.7. The van der Waals surface area contributed by atoms with Crippen molar-refractivity contribution in [2.75, 3.05) is 19.7 Å². The standard InChI is InChI=1S/C25H32N4O3/c1-2-32-23-14-19-5-3-4-18(19)13-20(23)6-7-24(30)29-10-8-17(9-11-29)12-22-21(25(26)31)15-27-16-28-22/h13-17H,2-12H2,1H3,(H2,26,31). The quantitative estimate of drug-likeness (QED) is 0.686. The summed E-state index contributed by atoms with van der Waals surface area (Å²) in [6, 6.07) is 4.44. The summed E-state index contributed by atoms with van der Waals surface area (Å²) in [7, 11) is 0. The highest BCUT2D eigenvalue weighted by Gasteiger charge is 2.25. The first-order valence-electron chi connectivity index (χ1n) is 11.7. The monoisotopic (exact) mass is 436 g/mol. The molecule has 1 aliphatic carbocycles. The molecule has 1 saturated heterocycles. The van der Waals surface area contributed by atoms with Gasteiger partial charge in [0.1, 0.15) is 12.1 Å². The number of aryl methyl sites for hydroxylation is 3. The zero-order valence-electron chi connectivity index (χ0n) is 18.8. The molecular weight excluding hydrogens is 404 g/mol. The van der Waals surface area contributed by atoms with Crippen LogP contribution in [0, 0.1) is 5.92 Å². The molecule has 7 nitrogen and oxygen atoms in total. The summed E-state index contributed by atoms with van der Waals surface area (Å²) in [4.78, 5) is 34.6. The molecule has 4 rings (SSSR count). The van der Waals surface area contributed by atoms with Crippen LogP contribution < -0.4 is 10.5 Å². The number of piperidine rings is 1. The molecule has 1 aliphatic heterocycles. The Morgan fingerprint density at radius 3 is 2.66 bits per heavy atom. The lowest BCUT2D eigenvalue weighted by atomic mass is 9.90. The Kier molecular flexibility index (Phi) is 7.02. The van der Waals surface area contributed by atoms with Gasteiger partial charge in [-0.05, 0) is 80.5 Å². The number of benzene rings is 1. The van der Waals surface area contributed by atoms with Crippen molar-refractivity contribution in [2.24, 2.45) is 11.7 Å². The van der Waals surface area contributed by atoms with E-state index in [4.69, 9.17) is 10.5 Å². The first-order chi connectivity index (χ1) is 15.5. The number of ether oxygens (including phenoxy) is 1. The third kappa shape index (κ3) is 5.09. The third-order valence-electron chi connectivity index (χ3n) is 6.69. The molecule has 2 heterocycles. The Bertz CT molecular complexity index is 983. The molecule has 32 heavy (non-hydrogen) atoms. The number of hydrogen-bond acceptors (Lipinski definition) is 5. The SMILES string of the molecule is CCOc1cc2c(cc1CCC(=O)N1CCC(Cc3ncncc3C(N)=O)CC1)CCC2. The second-order valence-electron chi connectivity index (χ2n) is 8.79. The summed E-state index contributed by atoms with van der Waals surface area (Å²) in [6.45, 7) is 4.11. The molecule has 2 aliphatic rings. The molecule has 2 aromatic rings. The number of aromatic nitrogens is 2. The second-order valence-corrected chi connectivity index (χ2v) is 8.79. The number of carbonyl (C=O) groups excluding carboxylic acids is 2. The highest BCUT2D eigenvalue weighted by molar-refractivity contribution is 5.93. The van der Waals surface area contributed by atoms with Crippen LogP contribution >= 0.6 is 0 Å². The predicted molar refractivity (Wildman–Crippen MR) is 122 cm³/mol. The van der Waals surface area contributed by atoms with Crippen molar-refractivity contribution in [3.63, 3.8) is 0 Å². The van der Waals surface area contributed by atoms with Crippen LogP contribution in [-0.4, -0.2) is 46.4 Å². The number of likely N-dealkylation sites (tertiary alicyclic amines) is 1. The van der Waals surface area contributed by atoms with Crippen LogP contribution in [0.25, 0.3) is 0 Å². The fourth-order valence-electron chi connectivity index (χ4n) is 4.92. The largest absolute Gasteiger partial charge is 0.494 e. The van der Waals surface area contributed by atoms with Crippen LogP contribution in [0.5, 0.6) is 5.75 Å². The van der Waals surface area contributed by atoms with Crippen molar-refractivity contribution in [3.8, 4) is 5.75 Å². The lowest BCUT2D eigenvalue weighted by Crippen LogP contribution is -2.39. The molecule has 1 aromatic heterocycles. The fourth-order valence-corrected chi connectivity index (χ4v) is 4.92. The number of nitrogens with two attached hydrogens (primary N) is 1. The molecule has 7 heteroatoms. The number of fused-ring (bicyclic) bond motifs is 1. The van der Waals surface area contributed by atoms with Gasteiger partial charge < -0.3 is 15.4 Å². The highest BCUT2D eigenvalue weighted by Crippen LogP contribution is 2.31. The normalized spacial score (nSPS) is 16.1. The number of primary amides is 1. The average molecular weight is 437 g/mol. The molecule has 1 fully saturated rings. The summed E-state index contributed by atoms with van der Waals surface area (Å²) >= 11 is 0. The van der Waals surface area contributed by atoms with Gasteiger partial charge in [-0.1, -0.05) is 6.07 Å². The van der Waals surface area contributed by atoms with E-state index in [0.29, 0.717) is 43.0 Å². The van der Waals surface area contributed by atoms with Crippen LogP contribution in [0.3, 0.4) is 0 Å². The minimum atomic E-state index is -0.494. The zero-order valence-corrected chi connectivity index (χ0v) is 18.8. The summed E-state index contributed by atoms with van der Waals surface area (Å²) in [5, 5.41) is 0. The molecular formula is C25H32N4O3. The number of nitrogens with zero attached hydrogens (tertiary/aromatic N) is 3. The Morgan fingerprint density at radius 2 is 1.94 bits per heavy atom. The molecule has 2 amide bonds. The van der Waals surface area contributed by atoms with Gasteiger partial charge in [-0.2, -0.15) is 0 Å². The van der Waals surface area contributed by atoms with Crippen molar-refractivity contribution >= 4 is 11.8 Å². The topological polar surface area (TPSA) is 98.4 Å². The molecule has 0 spiro atoms. The fraction of sp³-hybridized carbons (Fsp3) is 0.520. The van der Waals surface area contributed by atoms with E-state index in [-0.39, 0.29) is 5.91 Å². The van der Waals surface area contributed by atoms with Gasteiger partial charge in [0.25, 0.3) is 5.91 Å². The molecule has 0 bridgehead atoms. The van der Waals surface area contributed by atoms with Crippen LogP contribution in [0.2, 0.25) is 0 Å². The molecule has 0 atom stereocenters. The Balaban J connectivity index is 1.31. The minimum Gasteiger partial charge on any atom is -0.494 e. The summed E-state index contributed by atoms with van der Waals surface area (Å²) in [5.74, 6) is 1.03. The van der Waals surface area contributed by atoms with Gasteiger partial charge in [-0.3, -0.25) is 9.59 Å². The van der Waals surface area contributed by atoms with E-state index < -0.39 is 5.91 Å². The van der Waals surface area contributed by atoms with Gasteiger partial charge in [0.15, 0.2) is 0 Å². The van der Waals surface area contributed by atoms with Crippen molar-refractivity contribution < 1.29 is 14.3 Å². The number of rotatable bonds is 8. The number of amides is 2. The maximum absolute atomic E-state index is 12.9. The van der Waals surface area contributed by atoms with Gasteiger partial charge >= 0.3 is 0 Å². The minimum absolute atomic E-state index is 0.200. The van der Waals surface area contributed by atoms with Crippen molar-refractivity contribution in [1.29, 1.82) is 0 Å². The van der Waals surface area contributed by atoms with Gasteiger partial charge in [0.2, 0.25) is 5.91 Å². The van der Waals surface area contributed by atoms with E-state index >= 15 is 0 Å². The Hall–Kier alpha value is -2.96. The lowest BCUT2D eigenvalue weighted by Gasteiger charge is -2.32. The van der Waals surface area contributed by atoms with E-state index in [1.165, 1.54) is 30.1 Å². The van der Waals surface area contributed by atoms with Crippen molar-refractivity contribution in [1.82, 2.24) is 14.9 Å². The average Bonchev–Trinajstić information content (AvgIpc) is 3.25. The molecule has 170 valence electrons. The van der Waals surface area contributed by atoms with Gasteiger partial charge in [0.05, 0.1) is 17.9 Å². The van der Waals surface area contributed by atoms with E-state index in [2.05, 4.69) is 22.1 Å². The van der Waals surface area contributed by atoms with Crippen molar-refractivity contribution in [3.05, 3.63) is 52.6 Å². The predicted octanol–water partition coefficient (Wildman–Crippen LogP) is 2.88. The summed E-state index contributed by atoms with van der Waals surface area (Å²) in [6.07, 6.45) is 10.1. The first kappa shape index (κ1) is 22.2. The molecule has 0 saturated carbocycles. The molecule has 2 N–H and O–H groups in total. The van der Waals surface area contributed by atoms with E-state index in [9.17, 15) is 9.59 Å². The Morgan fingerprint density at radius 1 is 1.19 bits per heavy atom. The lowest BCUT2D eigenvalue weighted by molar-refractivity contribution is -0.132. The molecule has 1 aromatic carbocycles. The summed E-state index contributed by atoms with van der Waals surface area (Å²) in [5.41, 5.74) is 10.5. The van der Waals surface area contributed by atoms with E-state index in [0.717, 1.165) is 50.1 Å². The summed E-state index contributed by atoms with van der Waals surface area (Å²) < 4.78 is 5.87. The van der Waals surface area contributed by atoms with E-state index in [1.54, 1.807) is 0 Å². The maximum atomic E-state index is 12.9. The van der Waals surface area contributed by atoms with Crippen LogP contribution in [-0.2, 0) is 30.5 Å². The van der Waals surface area contributed by atoms with Crippen LogP contribution in [0.15, 0.2) is 24.7 Å². The molecule has 0 unspecified atom stereocenters. The Labute approximate surface area is 189 Å². The third-order valence-corrected chi connectivity index (χ3v) is 6.69. The van der Waals surface area contributed by atoms with Crippen LogP contribution in [0.4, 0.5) is 0 Å². The zero-order chi connectivity index (χ0) is 22.5. The van der Waals surface area contributed by atoms with Crippen LogP contribution in [0.1, 0.15) is 65.3 Å². The van der Waals surface area contributed by atoms with E-state index in [1.807, 2.05) is 11.8 Å². The smallest absolute Gasteiger partial charge is 0.252 e. The molecule has 0 radical (unpaired) electrons. The number of hydrogen-bond donors (Lipinski definition) is 1. The second kappa shape index (κ2) is 10.1. The highest BCUT2D eigenvalue weighted by atomic mass is 16.5. The number of carbonyl (C=O) groups is 2.